The van der Waals surface area contributed by atoms with Crippen molar-refractivity contribution >= 4 is 39.6 Å². The van der Waals surface area contributed by atoms with Gasteiger partial charge in [-0.15, -0.1) is 0 Å². The SMILES string of the molecule is CCCCOC(=O)c1ccc(NC(=O)Cn2cnc3c(oc4ccccc43)c2=O)cc1. The Kier molecular flexibility index (Phi) is 5.79. The number of nitrogens with one attached hydrogen (secondary N) is 1. The highest BCUT2D eigenvalue weighted by Gasteiger charge is 2.15. The van der Waals surface area contributed by atoms with E-state index in [0.29, 0.717) is 29.0 Å². The summed E-state index contributed by atoms with van der Waals surface area (Å²) in [6.07, 6.45) is 3.09. The summed E-state index contributed by atoms with van der Waals surface area (Å²) < 4.78 is 12.0. The third-order valence-electron chi connectivity index (χ3n) is 4.80. The molecule has 0 aliphatic rings. The van der Waals surface area contributed by atoms with Gasteiger partial charge in [0.2, 0.25) is 11.5 Å². The van der Waals surface area contributed by atoms with Crippen LogP contribution in [-0.4, -0.2) is 28.0 Å². The molecule has 31 heavy (non-hydrogen) atoms. The van der Waals surface area contributed by atoms with Crippen LogP contribution < -0.4 is 10.9 Å². The van der Waals surface area contributed by atoms with Crippen molar-refractivity contribution in [1.82, 2.24) is 9.55 Å². The lowest BCUT2D eigenvalue weighted by atomic mass is 10.2. The molecule has 2 aromatic carbocycles. The standard InChI is InChI=1S/C23H21N3O5/c1-2-3-12-30-23(29)15-8-10-16(11-9-15)25-19(27)13-26-14-24-20-17-6-4-5-7-18(17)31-21(20)22(26)28/h4-11,14H,2-3,12-13H2,1H3,(H,25,27). The molecular weight excluding hydrogens is 398 g/mol. The monoisotopic (exact) mass is 419 g/mol. The summed E-state index contributed by atoms with van der Waals surface area (Å²) in [5, 5.41) is 3.45. The fourth-order valence-corrected chi connectivity index (χ4v) is 3.17. The number of carbonyl (C=O) groups excluding carboxylic acids is 2. The number of nitrogens with zero attached hydrogens (tertiary/aromatic N) is 2. The summed E-state index contributed by atoms with van der Waals surface area (Å²) in [7, 11) is 0. The summed E-state index contributed by atoms with van der Waals surface area (Å²) in [5.41, 5.74) is 1.63. The number of hydrogen-bond acceptors (Lipinski definition) is 6. The van der Waals surface area contributed by atoms with Crippen molar-refractivity contribution in [3.05, 3.63) is 70.8 Å². The number of carbonyl (C=O) groups is 2. The molecule has 4 aromatic rings. The van der Waals surface area contributed by atoms with Crippen molar-refractivity contribution in [1.29, 1.82) is 0 Å². The zero-order valence-corrected chi connectivity index (χ0v) is 17.0. The number of furan rings is 1. The lowest BCUT2D eigenvalue weighted by Crippen LogP contribution is -2.27. The Morgan fingerprint density at radius 3 is 2.68 bits per heavy atom. The fraction of sp³-hybridized carbons (Fsp3) is 0.217. The molecule has 8 nitrogen and oxygen atoms in total. The van der Waals surface area contributed by atoms with Gasteiger partial charge in [-0.25, -0.2) is 9.78 Å². The van der Waals surface area contributed by atoms with E-state index in [-0.39, 0.29) is 12.1 Å². The van der Waals surface area contributed by atoms with Gasteiger partial charge in [-0.2, -0.15) is 0 Å². The molecule has 2 aromatic heterocycles. The number of fused-ring (bicyclic) bond motifs is 3. The summed E-state index contributed by atoms with van der Waals surface area (Å²) in [5.74, 6) is -0.805. The molecule has 1 amide bonds. The van der Waals surface area contributed by atoms with E-state index < -0.39 is 17.4 Å². The third-order valence-corrected chi connectivity index (χ3v) is 4.80. The number of amides is 1. The van der Waals surface area contributed by atoms with Gasteiger partial charge in [-0.05, 0) is 42.8 Å². The summed E-state index contributed by atoms with van der Waals surface area (Å²) >= 11 is 0. The van der Waals surface area contributed by atoms with E-state index in [2.05, 4.69) is 10.3 Å². The van der Waals surface area contributed by atoms with Crippen molar-refractivity contribution < 1.29 is 18.7 Å². The van der Waals surface area contributed by atoms with Gasteiger partial charge in [-0.3, -0.25) is 14.2 Å². The molecule has 0 aliphatic carbocycles. The number of para-hydroxylation sites is 1. The van der Waals surface area contributed by atoms with Gasteiger partial charge in [0.25, 0.3) is 5.56 Å². The highest BCUT2D eigenvalue weighted by molar-refractivity contribution is 6.01. The average molecular weight is 419 g/mol. The summed E-state index contributed by atoms with van der Waals surface area (Å²) in [6, 6.07) is 13.6. The first-order valence-corrected chi connectivity index (χ1v) is 10.0. The molecule has 0 spiro atoms. The van der Waals surface area contributed by atoms with E-state index in [9.17, 15) is 14.4 Å². The first-order valence-electron chi connectivity index (χ1n) is 10.0. The highest BCUT2D eigenvalue weighted by atomic mass is 16.5. The van der Waals surface area contributed by atoms with Crippen LogP contribution in [0.2, 0.25) is 0 Å². The first kappa shape index (κ1) is 20.3. The normalized spacial score (nSPS) is 11.0. The number of aromatic nitrogens is 2. The van der Waals surface area contributed by atoms with Crippen LogP contribution in [0.5, 0.6) is 0 Å². The second-order valence-electron chi connectivity index (χ2n) is 7.07. The maximum atomic E-state index is 12.7. The van der Waals surface area contributed by atoms with Crippen LogP contribution in [0.25, 0.3) is 22.1 Å². The molecule has 1 N–H and O–H groups in total. The fourth-order valence-electron chi connectivity index (χ4n) is 3.17. The maximum Gasteiger partial charge on any atom is 0.338 e. The Hall–Kier alpha value is -3.94. The quantitative estimate of drug-likeness (QED) is 0.362. The molecule has 158 valence electrons. The molecule has 0 saturated carbocycles. The summed E-state index contributed by atoms with van der Waals surface area (Å²) in [4.78, 5) is 41.4. The van der Waals surface area contributed by atoms with E-state index >= 15 is 0 Å². The van der Waals surface area contributed by atoms with Crippen LogP contribution in [0.15, 0.2) is 64.1 Å². The number of hydrogen-bond donors (Lipinski definition) is 1. The van der Waals surface area contributed by atoms with Gasteiger partial charge in [0, 0.05) is 11.1 Å². The van der Waals surface area contributed by atoms with Gasteiger partial charge in [-0.1, -0.05) is 25.5 Å². The number of benzene rings is 2. The average Bonchev–Trinajstić information content (AvgIpc) is 3.16. The van der Waals surface area contributed by atoms with Gasteiger partial charge < -0.3 is 14.5 Å². The molecule has 8 heteroatoms. The van der Waals surface area contributed by atoms with Crippen molar-refractivity contribution in [2.24, 2.45) is 0 Å². The van der Waals surface area contributed by atoms with Crippen molar-refractivity contribution in [2.75, 3.05) is 11.9 Å². The minimum Gasteiger partial charge on any atom is -0.462 e. The predicted molar refractivity (Wildman–Crippen MR) is 116 cm³/mol. The lowest BCUT2D eigenvalue weighted by molar-refractivity contribution is -0.116. The van der Waals surface area contributed by atoms with Crippen molar-refractivity contribution in [3.63, 3.8) is 0 Å². The maximum absolute atomic E-state index is 12.7. The van der Waals surface area contributed by atoms with E-state index in [0.717, 1.165) is 18.2 Å². The smallest absolute Gasteiger partial charge is 0.338 e. The van der Waals surface area contributed by atoms with E-state index in [1.54, 1.807) is 30.3 Å². The van der Waals surface area contributed by atoms with Gasteiger partial charge >= 0.3 is 5.97 Å². The second-order valence-corrected chi connectivity index (χ2v) is 7.07. The number of rotatable bonds is 7. The zero-order valence-electron chi connectivity index (χ0n) is 17.0. The van der Waals surface area contributed by atoms with Crippen LogP contribution in [0.3, 0.4) is 0 Å². The predicted octanol–water partition coefficient (Wildman–Crippen LogP) is 3.74. The third kappa shape index (κ3) is 4.32. The molecule has 4 rings (SSSR count). The number of anilines is 1. The van der Waals surface area contributed by atoms with E-state index in [4.69, 9.17) is 9.15 Å². The Morgan fingerprint density at radius 2 is 1.90 bits per heavy atom. The molecule has 0 bridgehead atoms. The molecule has 0 radical (unpaired) electrons. The van der Waals surface area contributed by atoms with Crippen LogP contribution in [0.1, 0.15) is 30.1 Å². The Labute approximate surface area is 177 Å². The van der Waals surface area contributed by atoms with Crippen molar-refractivity contribution in [3.8, 4) is 0 Å². The Morgan fingerprint density at radius 1 is 1.13 bits per heavy atom. The van der Waals surface area contributed by atoms with Gasteiger partial charge in [0.15, 0.2) is 0 Å². The minimum atomic E-state index is -0.429. The second kappa shape index (κ2) is 8.83. The highest BCUT2D eigenvalue weighted by Crippen LogP contribution is 2.24. The number of esters is 1. The van der Waals surface area contributed by atoms with Gasteiger partial charge in [0.05, 0.1) is 18.5 Å². The van der Waals surface area contributed by atoms with Crippen LogP contribution >= 0.6 is 0 Å². The van der Waals surface area contributed by atoms with Crippen LogP contribution in [0.4, 0.5) is 5.69 Å². The van der Waals surface area contributed by atoms with Crippen LogP contribution in [0, 0.1) is 0 Å². The Balaban J connectivity index is 1.44. The van der Waals surface area contributed by atoms with Crippen LogP contribution in [-0.2, 0) is 16.1 Å². The minimum absolute atomic E-state index is 0.113. The zero-order chi connectivity index (χ0) is 21.8. The first-order chi connectivity index (χ1) is 15.1. The largest absolute Gasteiger partial charge is 0.462 e. The molecule has 0 fully saturated rings. The topological polar surface area (TPSA) is 103 Å². The molecule has 0 saturated heterocycles. The number of unbranched alkanes of at least 4 members (excludes halogenated alkanes) is 1. The molecule has 2 heterocycles. The van der Waals surface area contributed by atoms with E-state index in [1.807, 2.05) is 25.1 Å². The molecular formula is C23H21N3O5. The van der Waals surface area contributed by atoms with Gasteiger partial charge in [0.1, 0.15) is 17.6 Å². The molecule has 0 atom stereocenters. The Bertz CT molecular complexity index is 1300. The lowest BCUT2D eigenvalue weighted by Gasteiger charge is -2.08. The molecule has 0 aliphatic heterocycles. The number of ether oxygens (including phenoxy) is 1. The van der Waals surface area contributed by atoms with E-state index in [1.165, 1.54) is 10.9 Å². The van der Waals surface area contributed by atoms with Crippen molar-refractivity contribution in [2.45, 2.75) is 26.3 Å². The molecule has 0 unspecified atom stereocenters. The summed E-state index contributed by atoms with van der Waals surface area (Å²) in [6.45, 7) is 2.18.